The normalized spacial score (nSPS) is 11.3. The van der Waals surface area contributed by atoms with E-state index >= 15 is 0 Å². The number of fused-ring (bicyclic) bond motifs is 1. The number of hydrogen-bond donors (Lipinski definition) is 1. The summed E-state index contributed by atoms with van der Waals surface area (Å²) in [6.07, 6.45) is 0. The number of rotatable bonds is 3. The Morgan fingerprint density at radius 2 is 1.46 bits per heavy atom. The van der Waals surface area contributed by atoms with Crippen molar-refractivity contribution in [3.05, 3.63) is 60.7 Å². The second-order valence-corrected chi connectivity index (χ2v) is 7.45. The number of aromatic hydroxyl groups is 1. The standard InChI is InChI=1S/C16H11NO5S2/c18-16-13-9-5-4-8-12(13)14(17-23(19)20)10-15(16)24(21,22)11-6-2-1-3-7-11/h1-10,18H. The van der Waals surface area contributed by atoms with Gasteiger partial charge < -0.3 is 5.11 Å². The van der Waals surface area contributed by atoms with Gasteiger partial charge in [0.05, 0.1) is 10.6 Å². The molecule has 0 radical (unpaired) electrons. The molecule has 0 spiro atoms. The van der Waals surface area contributed by atoms with E-state index in [1.54, 1.807) is 36.4 Å². The average molecular weight is 361 g/mol. The minimum Gasteiger partial charge on any atom is -0.506 e. The van der Waals surface area contributed by atoms with Crippen LogP contribution in [0.5, 0.6) is 5.75 Å². The number of nitrogens with zero attached hydrogens (tertiary/aromatic N) is 1. The third-order valence-electron chi connectivity index (χ3n) is 3.48. The SMILES string of the molecule is O=S(=O)=Nc1cc(S(=O)(=O)c2ccccc2)c(O)c2ccccc12. The highest BCUT2D eigenvalue weighted by molar-refractivity contribution is 7.91. The molecule has 0 aromatic heterocycles. The predicted octanol–water partition coefficient (Wildman–Crippen LogP) is 3.07. The van der Waals surface area contributed by atoms with Crippen LogP contribution in [0.4, 0.5) is 5.69 Å². The number of phenols is 1. The maximum Gasteiger partial charge on any atom is 0.316 e. The minimum absolute atomic E-state index is 0.00947. The van der Waals surface area contributed by atoms with Gasteiger partial charge in [-0.15, -0.1) is 4.36 Å². The van der Waals surface area contributed by atoms with E-state index in [9.17, 15) is 21.9 Å². The van der Waals surface area contributed by atoms with Gasteiger partial charge in [0.15, 0.2) is 0 Å². The molecule has 6 nitrogen and oxygen atoms in total. The monoisotopic (exact) mass is 361 g/mol. The summed E-state index contributed by atoms with van der Waals surface area (Å²) in [5, 5.41) is 11.0. The molecule has 3 rings (SSSR count). The van der Waals surface area contributed by atoms with Crippen molar-refractivity contribution in [2.45, 2.75) is 9.79 Å². The topological polar surface area (TPSA) is 101 Å². The first-order valence-electron chi connectivity index (χ1n) is 6.77. The van der Waals surface area contributed by atoms with Crippen molar-refractivity contribution < 1.29 is 21.9 Å². The van der Waals surface area contributed by atoms with E-state index in [4.69, 9.17) is 0 Å². The predicted molar refractivity (Wildman–Crippen MR) is 88.5 cm³/mol. The van der Waals surface area contributed by atoms with Gasteiger partial charge in [-0.25, -0.2) is 8.42 Å². The quantitative estimate of drug-likeness (QED) is 0.772. The average Bonchev–Trinajstić information content (AvgIpc) is 2.58. The van der Waals surface area contributed by atoms with Gasteiger partial charge in [0.2, 0.25) is 9.84 Å². The number of sulfone groups is 1. The van der Waals surface area contributed by atoms with Crippen LogP contribution in [0.1, 0.15) is 0 Å². The summed E-state index contributed by atoms with van der Waals surface area (Å²) in [7, 11) is -6.79. The van der Waals surface area contributed by atoms with Crippen LogP contribution >= 0.6 is 0 Å². The molecule has 0 aliphatic rings. The summed E-state index contributed by atoms with van der Waals surface area (Å²) < 4.78 is 50.9. The maximum absolute atomic E-state index is 12.8. The lowest BCUT2D eigenvalue weighted by Crippen LogP contribution is -2.02. The second-order valence-electron chi connectivity index (χ2n) is 4.91. The van der Waals surface area contributed by atoms with Crippen molar-refractivity contribution in [2.75, 3.05) is 0 Å². The van der Waals surface area contributed by atoms with Crippen molar-refractivity contribution in [1.29, 1.82) is 0 Å². The Balaban J connectivity index is 2.42. The van der Waals surface area contributed by atoms with Crippen molar-refractivity contribution in [3.8, 4) is 5.75 Å². The van der Waals surface area contributed by atoms with Crippen molar-refractivity contribution in [2.24, 2.45) is 4.36 Å². The van der Waals surface area contributed by atoms with Gasteiger partial charge in [-0.05, 0) is 18.2 Å². The van der Waals surface area contributed by atoms with Gasteiger partial charge in [0.1, 0.15) is 10.6 Å². The summed E-state index contributed by atoms with van der Waals surface area (Å²) in [5.41, 5.74) is -0.0498. The maximum atomic E-state index is 12.8. The van der Waals surface area contributed by atoms with Gasteiger partial charge >= 0.3 is 10.5 Å². The van der Waals surface area contributed by atoms with E-state index in [1.165, 1.54) is 18.2 Å². The molecule has 0 heterocycles. The Morgan fingerprint density at radius 1 is 0.875 bits per heavy atom. The first-order chi connectivity index (χ1) is 11.4. The molecule has 0 unspecified atom stereocenters. The van der Waals surface area contributed by atoms with E-state index in [1.807, 2.05) is 0 Å². The molecule has 0 fully saturated rings. The first-order valence-corrected chi connectivity index (χ1v) is 9.29. The zero-order valence-corrected chi connectivity index (χ0v) is 13.8. The molecule has 0 saturated carbocycles. The largest absolute Gasteiger partial charge is 0.506 e. The van der Waals surface area contributed by atoms with Crippen LogP contribution in [0.3, 0.4) is 0 Å². The lowest BCUT2D eigenvalue weighted by Gasteiger charge is -2.11. The Bertz CT molecular complexity index is 1160. The third kappa shape index (κ3) is 2.77. The Labute approximate surface area is 139 Å². The fourth-order valence-electron chi connectivity index (χ4n) is 2.40. The van der Waals surface area contributed by atoms with Gasteiger partial charge in [-0.2, -0.15) is 8.42 Å². The lowest BCUT2D eigenvalue weighted by molar-refractivity contribution is 0.465. The van der Waals surface area contributed by atoms with Crippen LogP contribution < -0.4 is 0 Å². The number of benzene rings is 3. The van der Waals surface area contributed by atoms with Crippen LogP contribution in [0.2, 0.25) is 0 Å². The van der Waals surface area contributed by atoms with Crippen LogP contribution in [0, 0.1) is 0 Å². The third-order valence-corrected chi connectivity index (χ3v) is 5.60. The Kier molecular flexibility index (Phi) is 4.08. The highest BCUT2D eigenvalue weighted by atomic mass is 32.2. The summed E-state index contributed by atoms with van der Waals surface area (Å²) >= 11 is 0. The summed E-state index contributed by atoms with van der Waals surface area (Å²) in [5.74, 6) is -0.440. The number of phenolic OH excluding ortho intramolecular Hbond substituents is 1. The molecule has 0 amide bonds. The molecule has 24 heavy (non-hydrogen) atoms. The van der Waals surface area contributed by atoms with E-state index in [0.29, 0.717) is 5.39 Å². The first kappa shape index (κ1) is 16.2. The van der Waals surface area contributed by atoms with Crippen LogP contribution in [0.15, 0.2) is 74.8 Å². The van der Waals surface area contributed by atoms with Crippen LogP contribution in [0.25, 0.3) is 10.8 Å². The Hall–Kier alpha value is -2.71. The molecule has 0 aliphatic carbocycles. The molecule has 122 valence electrons. The zero-order chi connectivity index (χ0) is 17.3. The molecule has 8 heteroatoms. The van der Waals surface area contributed by atoms with Crippen molar-refractivity contribution in [3.63, 3.8) is 0 Å². The molecule has 3 aromatic carbocycles. The van der Waals surface area contributed by atoms with E-state index < -0.39 is 31.0 Å². The van der Waals surface area contributed by atoms with Gasteiger partial charge in [0.25, 0.3) is 0 Å². The fourth-order valence-corrected chi connectivity index (χ4v) is 4.12. The fraction of sp³-hybridized carbons (Fsp3) is 0. The summed E-state index contributed by atoms with van der Waals surface area (Å²) in [6.45, 7) is 0. The van der Waals surface area contributed by atoms with Crippen LogP contribution in [-0.4, -0.2) is 21.9 Å². The number of hydrogen-bond acceptors (Lipinski definition) is 6. The van der Waals surface area contributed by atoms with Crippen molar-refractivity contribution in [1.82, 2.24) is 0 Å². The van der Waals surface area contributed by atoms with Gasteiger partial charge in [0, 0.05) is 10.8 Å². The minimum atomic E-state index is -4.03. The molecular weight excluding hydrogens is 350 g/mol. The molecular formula is C16H11NO5S2. The Morgan fingerprint density at radius 3 is 2.08 bits per heavy atom. The van der Waals surface area contributed by atoms with Crippen molar-refractivity contribution >= 4 is 36.8 Å². The van der Waals surface area contributed by atoms with Gasteiger partial charge in [-0.1, -0.05) is 42.5 Å². The van der Waals surface area contributed by atoms with E-state index in [0.717, 1.165) is 6.07 Å². The molecule has 0 saturated heterocycles. The second kappa shape index (κ2) is 6.06. The van der Waals surface area contributed by atoms with E-state index in [-0.39, 0.29) is 16.0 Å². The highest BCUT2D eigenvalue weighted by Gasteiger charge is 2.24. The molecule has 0 bridgehead atoms. The summed E-state index contributed by atoms with van der Waals surface area (Å²) in [4.78, 5) is -0.402. The molecule has 1 N–H and O–H groups in total. The van der Waals surface area contributed by atoms with Gasteiger partial charge in [-0.3, -0.25) is 0 Å². The van der Waals surface area contributed by atoms with E-state index in [2.05, 4.69) is 4.36 Å². The lowest BCUT2D eigenvalue weighted by atomic mass is 10.1. The summed E-state index contributed by atoms with van der Waals surface area (Å²) in [6, 6.07) is 14.9. The molecule has 0 atom stereocenters. The smallest absolute Gasteiger partial charge is 0.316 e. The zero-order valence-electron chi connectivity index (χ0n) is 12.1. The molecule has 3 aromatic rings. The highest BCUT2D eigenvalue weighted by Crippen LogP contribution is 2.40. The van der Waals surface area contributed by atoms with Crippen LogP contribution in [-0.2, 0) is 20.3 Å². The molecule has 0 aliphatic heterocycles.